The summed E-state index contributed by atoms with van der Waals surface area (Å²) < 4.78 is 29.0. The number of carbonyl (C=O) groups is 4. The molecular weight excluding hydrogens is 594 g/mol. The first kappa shape index (κ1) is 31.5. The highest BCUT2D eigenvalue weighted by Gasteiger charge is 2.53. The van der Waals surface area contributed by atoms with Crippen molar-refractivity contribution in [1.29, 1.82) is 0 Å². The van der Waals surface area contributed by atoms with Crippen molar-refractivity contribution < 1.29 is 42.9 Å². The zero-order valence-corrected chi connectivity index (χ0v) is 24.2. The van der Waals surface area contributed by atoms with E-state index in [1.54, 1.807) is 84.9 Å². The molecule has 0 spiro atoms. The van der Waals surface area contributed by atoms with Crippen LogP contribution in [0.25, 0.3) is 10.4 Å². The fourth-order valence-corrected chi connectivity index (χ4v) is 4.69. The van der Waals surface area contributed by atoms with E-state index in [1.165, 1.54) is 36.4 Å². The Morgan fingerprint density at radius 3 is 1.35 bits per heavy atom. The van der Waals surface area contributed by atoms with Crippen molar-refractivity contribution in [1.82, 2.24) is 0 Å². The van der Waals surface area contributed by atoms with Gasteiger partial charge < -0.3 is 23.7 Å². The highest BCUT2D eigenvalue weighted by Crippen LogP contribution is 2.32. The van der Waals surface area contributed by atoms with Crippen LogP contribution in [-0.4, -0.2) is 61.1 Å². The normalized spacial score (nSPS) is 20.3. The summed E-state index contributed by atoms with van der Waals surface area (Å²) in [6.07, 6.45) is -7.61. The second-order valence-corrected chi connectivity index (χ2v) is 9.94. The van der Waals surface area contributed by atoms with Crippen molar-refractivity contribution in [3.8, 4) is 0 Å². The largest absolute Gasteiger partial charge is 0.459 e. The van der Waals surface area contributed by atoms with E-state index in [4.69, 9.17) is 23.7 Å². The summed E-state index contributed by atoms with van der Waals surface area (Å²) in [4.78, 5) is 55.7. The van der Waals surface area contributed by atoms with Gasteiger partial charge in [0.2, 0.25) is 0 Å². The molecule has 5 atom stereocenters. The van der Waals surface area contributed by atoms with E-state index in [1.807, 2.05) is 0 Å². The van der Waals surface area contributed by atoms with E-state index in [2.05, 4.69) is 10.0 Å². The minimum atomic E-state index is -1.59. The molecule has 1 aliphatic rings. The van der Waals surface area contributed by atoms with Gasteiger partial charge in [0.25, 0.3) is 0 Å². The van der Waals surface area contributed by atoms with Crippen molar-refractivity contribution >= 4 is 23.9 Å². The van der Waals surface area contributed by atoms with Crippen LogP contribution in [0, 0.1) is 0 Å². The first-order valence-electron chi connectivity index (χ1n) is 14.1. The van der Waals surface area contributed by atoms with Crippen LogP contribution in [-0.2, 0) is 23.7 Å². The molecule has 4 aromatic rings. The molecule has 12 heteroatoms. The molecule has 0 bridgehead atoms. The minimum absolute atomic E-state index is 0.141. The third kappa shape index (κ3) is 7.75. The number of carbonyl (C=O) groups excluding carboxylic acids is 4. The second kappa shape index (κ2) is 15.2. The summed E-state index contributed by atoms with van der Waals surface area (Å²) in [6, 6.07) is 32.0. The molecule has 1 heterocycles. The highest BCUT2D eigenvalue weighted by atomic mass is 16.7. The van der Waals surface area contributed by atoms with Crippen LogP contribution in [0.5, 0.6) is 0 Å². The van der Waals surface area contributed by atoms with Gasteiger partial charge in [0, 0.05) is 4.91 Å². The lowest BCUT2D eigenvalue weighted by Gasteiger charge is -2.43. The summed E-state index contributed by atoms with van der Waals surface area (Å²) in [7, 11) is 0. The highest BCUT2D eigenvalue weighted by molar-refractivity contribution is 5.91. The number of rotatable bonds is 10. The number of nitrogens with zero attached hydrogens (tertiary/aromatic N) is 3. The van der Waals surface area contributed by atoms with Gasteiger partial charge in [-0.05, 0) is 54.1 Å². The Hall–Kier alpha value is -5.97. The number of esters is 4. The van der Waals surface area contributed by atoms with E-state index >= 15 is 0 Å². The van der Waals surface area contributed by atoms with E-state index < -0.39 is 61.1 Å². The molecule has 1 saturated heterocycles. The third-order valence-corrected chi connectivity index (χ3v) is 6.92. The average molecular weight is 622 g/mol. The molecule has 232 valence electrons. The SMILES string of the molecule is [N-]=[N+]=N[C@@H]1O[C@H](COC(=O)c2ccccc2)[C@@H](OC(=O)c2ccccc2)[C@H](OC(=O)c2ccccc2)[C@@H]1OC(=O)c1ccccc1. The first-order chi connectivity index (χ1) is 22.4. The number of ether oxygens (including phenoxy) is 5. The topological polar surface area (TPSA) is 163 Å². The Morgan fingerprint density at radius 1 is 0.565 bits per heavy atom. The molecule has 0 N–H and O–H groups in total. The molecule has 1 fully saturated rings. The Labute approximate surface area is 263 Å². The van der Waals surface area contributed by atoms with Crippen molar-refractivity contribution in [2.75, 3.05) is 6.61 Å². The Balaban J connectivity index is 1.53. The van der Waals surface area contributed by atoms with Gasteiger partial charge in [-0.2, -0.15) is 0 Å². The van der Waals surface area contributed by atoms with Crippen LogP contribution in [0.1, 0.15) is 41.4 Å². The molecule has 46 heavy (non-hydrogen) atoms. The average Bonchev–Trinajstić information content (AvgIpc) is 3.11. The predicted octanol–water partition coefficient (Wildman–Crippen LogP) is 5.56. The summed E-state index contributed by atoms with van der Waals surface area (Å²) in [5.74, 6) is -3.25. The molecule has 0 aromatic heterocycles. The summed E-state index contributed by atoms with van der Waals surface area (Å²) in [6.45, 7) is -0.517. The fourth-order valence-electron chi connectivity index (χ4n) is 4.69. The van der Waals surface area contributed by atoms with Gasteiger partial charge in [-0.1, -0.05) is 77.9 Å². The maximum absolute atomic E-state index is 13.4. The van der Waals surface area contributed by atoms with Crippen LogP contribution in [0.4, 0.5) is 0 Å². The van der Waals surface area contributed by atoms with Gasteiger partial charge in [-0.3, -0.25) is 0 Å². The van der Waals surface area contributed by atoms with Gasteiger partial charge in [0.1, 0.15) is 12.7 Å². The van der Waals surface area contributed by atoms with Crippen LogP contribution < -0.4 is 0 Å². The van der Waals surface area contributed by atoms with E-state index in [0.717, 1.165) is 0 Å². The number of benzene rings is 4. The predicted molar refractivity (Wildman–Crippen MR) is 161 cm³/mol. The molecule has 4 aromatic carbocycles. The van der Waals surface area contributed by atoms with Gasteiger partial charge in [0.15, 0.2) is 24.5 Å². The monoisotopic (exact) mass is 621 g/mol. The van der Waals surface area contributed by atoms with Gasteiger partial charge >= 0.3 is 23.9 Å². The van der Waals surface area contributed by atoms with Crippen molar-refractivity contribution in [3.05, 3.63) is 154 Å². The first-order valence-corrected chi connectivity index (χ1v) is 14.1. The van der Waals surface area contributed by atoms with Crippen molar-refractivity contribution in [3.63, 3.8) is 0 Å². The number of hydrogen-bond acceptors (Lipinski definition) is 10. The lowest BCUT2D eigenvalue weighted by Crippen LogP contribution is -2.62. The molecule has 0 amide bonds. The lowest BCUT2D eigenvalue weighted by atomic mass is 9.97. The van der Waals surface area contributed by atoms with Crippen LogP contribution in [0.3, 0.4) is 0 Å². The quantitative estimate of drug-likeness (QED) is 0.0725. The van der Waals surface area contributed by atoms with Crippen LogP contribution >= 0.6 is 0 Å². The van der Waals surface area contributed by atoms with Gasteiger partial charge in [-0.15, -0.1) is 0 Å². The molecular formula is C34H27N3O9. The molecule has 12 nitrogen and oxygen atoms in total. The second-order valence-electron chi connectivity index (χ2n) is 9.94. The molecule has 5 rings (SSSR count). The fraction of sp³-hybridized carbons (Fsp3) is 0.176. The summed E-state index contributed by atoms with van der Waals surface area (Å²) >= 11 is 0. The number of hydrogen-bond donors (Lipinski definition) is 0. The Morgan fingerprint density at radius 2 is 0.935 bits per heavy atom. The molecule has 0 radical (unpaired) electrons. The Bertz CT molecular complexity index is 1700. The zero-order valence-electron chi connectivity index (χ0n) is 24.2. The van der Waals surface area contributed by atoms with E-state index in [0.29, 0.717) is 0 Å². The van der Waals surface area contributed by atoms with Crippen LogP contribution in [0.15, 0.2) is 126 Å². The standard InChI is InChI=1S/C34H27N3O9/c35-37-36-30-29(46-34(41)25-19-11-4-12-20-25)28(45-33(40)24-17-9-3-10-18-24)27(44-32(39)23-15-7-2-8-16-23)26(43-30)21-42-31(38)22-13-5-1-6-14-22/h1-20,26-30H,21H2/t26-,27-,28+,29+,30-/m1/s1. The molecule has 0 aliphatic carbocycles. The maximum Gasteiger partial charge on any atom is 0.338 e. The molecule has 0 unspecified atom stereocenters. The van der Waals surface area contributed by atoms with Crippen molar-refractivity contribution in [2.45, 2.75) is 30.6 Å². The van der Waals surface area contributed by atoms with Gasteiger partial charge in [0.05, 0.1) is 22.3 Å². The molecule has 1 aliphatic heterocycles. The molecule has 0 saturated carbocycles. The van der Waals surface area contributed by atoms with E-state index in [9.17, 15) is 24.7 Å². The maximum atomic E-state index is 13.4. The van der Waals surface area contributed by atoms with Crippen molar-refractivity contribution in [2.24, 2.45) is 5.11 Å². The lowest BCUT2D eigenvalue weighted by molar-refractivity contribution is -0.227. The summed E-state index contributed by atoms with van der Waals surface area (Å²) in [5, 5.41) is 3.66. The number of azide groups is 1. The summed E-state index contributed by atoms with van der Waals surface area (Å²) in [5.41, 5.74) is 10.1. The Kier molecular flexibility index (Phi) is 10.4. The smallest absolute Gasteiger partial charge is 0.338 e. The zero-order chi connectivity index (χ0) is 32.3. The van der Waals surface area contributed by atoms with Gasteiger partial charge in [-0.25, -0.2) is 19.2 Å². The van der Waals surface area contributed by atoms with E-state index in [-0.39, 0.29) is 22.3 Å². The van der Waals surface area contributed by atoms with Crippen LogP contribution in [0.2, 0.25) is 0 Å². The third-order valence-electron chi connectivity index (χ3n) is 6.92. The minimum Gasteiger partial charge on any atom is -0.459 e.